The molecule has 170 valence electrons. The molecule has 0 unspecified atom stereocenters. The molecule has 0 amide bonds. The van der Waals surface area contributed by atoms with Crippen molar-refractivity contribution < 1.29 is 26.7 Å². The highest BCUT2D eigenvalue weighted by Gasteiger charge is 2.14. The smallest absolute Gasteiger partial charge is 0.194 e. The molecule has 6 heteroatoms. The van der Waals surface area contributed by atoms with Crippen LogP contribution in [0.4, 0.5) is 22.0 Å². The second kappa shape index (κ2) is 9.71. The Balaban J connectivity index is 1.58. The van der Waals surface area contributed by atoms with Crippen LogP contribution in [0.1, 0.15) is 16.7 Å². The largest absolute Gasteiger partial charge is 0.384 e. The predicted octanol–water partition coefficient (Wildman–Crippen LogP) is 7.18. The van der Waals surface area contributed by atoms with E-state index in [0.717, 1.165) is 17.7 Å². The highest BCUT2D eigenvalue weighted by atomic mass is 19.2. The molecule has 0 aliphatic carbocycles. The summed E-state index contributed by atoms with van der Waals surface area (Å²) in [5, 5.41) is 0.973. The SMILES string of the molecule is COCCc1ccc(-c2ccc3c(F)c(CCc4cc(F)c(F)c(F)c4)ccc3c2)c(F)c1. The van der Waals surface area contributed by atoms with Crippen molar-refractivity contribution in [1.82, 2.24) is 0 Å². The lowest BCUT2D eigenvalue weighted by molar-refractivity contribution is 0.202. The number of fused-ring (bicyclic) bond motifs is 1. The zero-order valence-corrected chi connectivity index (χ0v) is 17.9. The molecule has 0 aromatic heterocycles. The topological polar surface area (TPSA) is 9.23 Å². The minimum atomic E-state index is -1.52. The van der Waals surface area contributed by atoms with Crippen molar-refractivity contribution in [2.45, 2.75) is 19.3 Å². The molecule has 0 aliphatic rings. The van der Waals surface area contributed by atoms with E-state index in [2.05, 4.69) is 0 Å². The number of ether oxygens (including phenoxy) is 1. The fourth-order valence-electron chi connectivity index (χ4n) is 3.90. The van der Waals surface area contributed by atoms with E-state index in [9.17, 15) is 17.6 Å². The summed E-state index contributed by atoms with van der Waals surface area (Å²) in [5.41, 5.74) is 2.49. The first kappa shape index (κ1) is 22.9. The van der Waals surface area contributed by atoms with Crippen LogP contribution in [0, 0.1) is 29.1 Å². The normalized spacial score (nSPS) is 11.3. The van der Waals surface area contributed by atoms with E-state index in [-0.39, 0.29) is 24.2 Å². The Kier molecular flexibility index (Phi) is 6.75. The van der Waals surface area contributed by atoms with Crippen molar-refractivity contribution >= 4 is 10.8 Å². The lowest BCUT2D eigenvalue weighted by atomic mass is 9.96. The van der Waals surface area contributed by atoms with E-state index in [0.29, 0.717) is 40.5 Å². The van der Waals surface area contributed by atoms with Crippen LogP contribution in [0.15, 0.2) is 60.7 Å². The molecule has 0 saturated carbocycles. The lowest BCUT2D eigenvalue weighted by Gasteiger charge is -2.11. The van der Waals surface area contributed by atoms with E-state index in [1.807, 2.05) is 6.07 Å². The van der Waals surface area contributed by atoms with Crippen molar-refractivity contribution in [3.05, 3.63) is 106 Å². The summed E-state index contributed by atoms with van der Waals surface area (Å²) in [6, 6.07) is 15.2. The van der Waals surface area contributed by atoms with Gasteiger partial charge in [-0.15, -0.1) is 0 Å². The minimum Gasteiger partial charge on any atom is -0.384 e. The monoisotopic (exact) mass is 456 g/mol. The molecule has 0 N–H and O–H groups in total. The summed E-state index contributed by atoms with van der Waals surface area (Å²) in [6.45, 7) is 0.501. The summed E-state index contributed by atoms with van der Waals surface area (Å²) < 4.78 is 74.7. The van der Waals surface area contributed by atoms with Gasteiger partial charge < -0.3 is 4.74 Å². The van der Waals surface area contributed by atoms with Crippen LogP contribution >= 0.6 is 0 Å². The van der Waals surface area contributed by atoms with Gasteiger partial charge in [-0.2, -0.15) is 0 Å². The summed E-state index contributed by atoms with van der Waals surface area (Å²) in [4.78, 5) is 0. The summed E-state index contributed by atoms with van der Waals surface area (Å²) >= 11 is 0. The minimum absolute atomic E-state index is 0.148. The number of hydrogen-bond donors (Lipinski definition) is 0. The standard InChI is InChI=1S/C27H21F5O/c1-33-11-10-16-3-8-21(23(28)12-16)19-7-9-22-20(15-19)6-5-18(26(22)31)4-2-17-13-24(29)27(32)25(30)14-17/h3,5-9,12-15H,2,4,10-11H2,1H3. The molecular formula is C27H21F5O. The van der Waals surface area contributed by atoms with E-state index >= 15 is 4.39 Å². The maximum atomic E-state index is 15.1. The zero-order valence-electron chi connectivity index (χ0n) is 17.9. The van der Waals surface area contributed by atoms with Gasteiger partial charge >= 0.3 is 0 Å². The van der Waals surface area contributed by atoms with Gasteiger partial charge in [0.15, 0.2) is 17.5 Å². The number of rotatable bonds is 7. The highest BCUT2D eigenvalue weighted by molar-refractivity contribution is 5.88. The molecule has 0 aliphatic heterocycles. The van der Waals surface area contributed by atoms with Crippen molar-refractivity contribution in [2.24, 2.45) is 0 Å². The molecular weight excluding hydrogens is 435 g/mol. The second-order valence-corrected chi connectivity index (χ2v) is 7.91. The van der Waals surface area contributed by atoms with Crippen LogP contribution in [0.5, 0.6) is 0 Å². The van der Waals surface area contributed by atoms with Crippen molar-refractivity contribution in [1.29, 1.82) is 0 Å². The van der Waals surface area contributed by atoms with E-state index in [1.54, 1.807) is 43.5 Å². The van der Waals surface area contributed by atoms with Crippen molar-refractivity contribution in [2.75, 3.05) is 13.7 Å². The molecule has 4 aromatic rings. The third-order valence-electron chi connectivity index (χ3n) is 5.70. The summed E-state index contributed by atoms with van der Waals surface area (Å²) in [7, 11) is 1.59. The third-order valence-corrected chi connectivity index (χ3v) is 5.70. The third kappa shape index (κ3) is 4.91. The second-order valence-electron chi connectivity index (χ2n) is 7.91. The molecule has 0 saturated heterocycles. The van der Waals surface area contributed by atoms with E-state index in [4.69, 9.17) is 4.74 Å². The average molecular weight is 456 g/mol. The summed E-state index contributed by atoms with van der Waals surface area (Å²) in [5.74, 6) is -4.87. The first-order valence-electron chi connectivity index (χ1n) is 10.5. The van der Waals surface area contributed by atoms with Crippen LogP contribution in [-0.4, -0.2) is 13.7 Å². The average Bonchev–Trinajstić information content (AvgIpc) is 2.80. The Labute approximate surface area is 188 Å². The van der Waals surface area contributed by atoms with Gasteiger partial charge in [-0.3, -0.25) is 0 Å². The van der Waals surface area contributed by atoms with Gasteiger partial charge in [-0.25, -0.2) is 22.0 Å². The van der Waals surface area contributed by atoms with Gasteiger partial charge in [0.25, 0.3) is 0 Å². The maximum absolute atomic E-state index is 15.1. The molecule has 0 heterocycles. The molecule has 0 atom stereocenters. The van der Waals surface area contributed by atoms with Crippen LogP contribution in [0.2, 0.25) is 0 Å². The van der Waals surface area contributed by atoms with Gasteiger partial charge in [0.1, 0.15) is 11.6 Å². The van der Waals surface area contributed by atoms with E-state index in [1.165, 1.54) is 6.07 Å². The Bertz CT molecular complexity index is 1290. The van der Waals surface area contributed by atoms with Gasteiger partial charge in [-0.05, 0) is 71.2 Å². The van der Waals surface area contributed by atoms with Crippen LogP contribution in [-0.2, 0) is 24.0 Å². The Morgan fingerprint density at radius 3 is 2.06 bits per heavy atom. The molecule has 0 fully saturated rings. The van der Waals surface area contributed by atoms with Gasteiger partial charge in [-0.1, -0.05) is 36.4 Å². The first-order chi connectivity index (χ1) is 15.9. The molecule has 33 heavy (non-hydrogen) atoms. The Morgan fingerprint density at radius 2 is 1.36 bits per heavy atom. The Hall–Kier alpha value is -3.25. The number of benzene rings is 4. The molecule has 4 rings (SSSR count). The van der Waals surface area contributed by atoms with Crippen LogP contribution < -0.4 is 0 Å². The molecule has 1 nitrogen and oxygen atoms in total. The van der Waals surface area contributed by atoms with E-state index < -0.39 is 23.3 Å². The number of methoxy groups -OCH3 is 1. The molecule has 0 radical (unpaired) electrons. The molecule has 4 aromatic carbocycles. The van der Waals surface area contributed by atoms with Gasteiger partial charge in [0.2, 0.25) is 0 Å². The quantitative estimate of drug-likeness (QED) is 0.212. The number of aryl methyl sites for hydroxylation is 2. The first-order valence-corrected chi connectivity index (χ1v) is 10.5. The van der Waals surface area contributed by atoms with Crippen molar-refractivity contribution in [3.63, 3.8) is 0 Å². The fourth-order valence-corrected chi connectivity index (χ4v) is 3.90. The van der Waals surface area contributed by atoms with Gasteiger partial charge in [0, 0.05) is 18.1 Å². The Morgan fingerprint density at radius 1 is 0.636 bits per heavy atom. The highest BCUT2D eigenvalue weighted by Crippen LogP contribution is 2.30. The summed E-state index contributed by atoms with van der Waals surface area (Å²) in [6.07, 6.45) is 0.942. The number of hydrogen-bond acceptors (Lipinski definition) is 1. The van der Waals surface area contributed by atoms with Gasteiger partial charge in [0.05, 0.1) is 6.61 Å². The zero-order chi connectivity index (χ0) is 23.5. The molecule has 0 spiro atoms. The van der Waals surface area contributed by atoms with Crippen LogP contribution in [0.3, 0.4) is 0 Å². The lowest BCUT2D eigenvalue weighted by Crippen LogP contribution is -1.99. The predicted molar refractivity (Wildman–Crippen MR) is 119 cm³/mol. The van der Waals surface area contributed by atoms with Crippen molar-refractivity contribution in [3.8, 4) is 11.1 Å². The number of halogens is 5. The maximum Gasteiger partial charge on any atom is 0.194 e. The molecule has 0 bridgehead atoms. The fraction of sp³-hybridized carbons (Fsp3) is 0.185. The van der Waals surface area contributed by atoms with Crippen LogP contribution in [0.25, 0.3) is 21.9 Å².